The fraction of sp³-hybridized carbons (Fsp3) is 0.600. The van der Waals surface area contributed by atoms with E-state index in [-0.39, 0.29) is 5.91 Å². The number of carbonyl (C=O) groups is 1. The van der Waals surface area contributed by atoms with Gasteiger partial charge in [-0.05, 0) is 18.4 Å². The Kier molecular flexibility index (Phi) is 6.84. The molecule has 16 heavy (non-hydrogen) atoms. The van der Waals surface area contributed by atoms with Gasteiger partial charge in [0.25, 0.3) is 0 Å². The Bertz CT molecular complexity index is 330. The van der Waals surface area contributed by atoms with Crippen LogP contribution in [0.4, 0.5) is 0 Å². The summed E-state index contributed by atoms with van der Waals surface area (Å²) in [5.74, 6) is 1.52. The third kappa shape index (κ3) is 5.18. The zero-order valence-electron chi connectivity index (χ0n) is 9.16. The van der Waals surface area contributed by atoms with Crippen molar-refractivity contribution in [2.45, 2.75) is 18.7 Å². The molecular weight excluding hydrogens is 264 g/mol. The van der Waals surface area contributed by atoms with Gasteiger partial charge in [0, 0.05) is 11.9 Å². The van der Waals surface area contributed by atoms with Gasteiger partial charge in [-0.2, -0.15) is 11.8 Å². The minimum absolute atomic E-state index is 0.0385. The predicted molar refractivity (Wildman–Crippen MR) is 71.4 cm³/mol. The first-order valence-electron chi connectivity index (χ1n) is 5.01. The molecule has 0 aliphatic heterocycles. The van der Waals surface area contributed by atoms with Gasteiger partial charge in [-0.15, -0.1) is 22.9 Å². The van der Waals surface area contributed by atoms with Gasteiger partial charge in [0.2, 0.25) is 5.91 Å². The number of thioether (sulfide) groups is 1. The summed E-state index contributed by atoms with van der Waals surface area (Å²) in [6, 6.07) is 0. The highest BCUT2D eigenvalue weighted by atomic mass is 35.5. The van der Waals surface area contributed by atoms with E-state index in [1.54, 1.807) is 11.8 Å². The van der Waals surface area contributed by atoms with Gasteiger partial charge in [0.15, 0.2) is 0 Å². The van der Waals surface area contributed by atoms with E-state index in [0.29, 0.717) is 12.3 Å². The second-order valence-corrected chi connectivity index (χ2v) is 5.43. The minimum atomic E-state index is 0.0385. The van der Waals surface area contributed by atoms with Gasteiger partial charge in [0.05, 0.1) is 18.0 Å². The number of halogens is 1. The van der Waals surface area contributed by atoms with Crippen LogP contribution in [-0.2, 0) is 17.1 Å². The Morgan fingerprint density at radius 1 is 1.69 bits per heavy atom. The van der Waals surface area contributed by atoms with Crippen LogP contribution in [0.25, 0.3) is 0 Å². The number of carbonyl (C=O) groups excluding carboxylic acids is 1. The summed E-state index contributed by atoms with van der Waals surface area (Å²) in [7, 11) is 0. The lowest BCUT2D eigenvalue weighted by Crippen LogP contribution is -2.26. The van der Waals surface area contributed by atoms with Crippen molar-refractivity contribution in [3.63, 3.8) is 0 Å². The van der Waals surface area contributed by atoms with Crippen molar-refractivity contribution in [2.24, 2.45) is 0 Å². The summed E-state index contributed by atoms with van der Waals surface area (Å²) < 4.78 is 0. The third-order valence-electron chi connectivity index (χ3n) is 1.90. The van der Waals surface area contributed by atoms with Crippen LogP contribution in [0.3, 0.4) is 0 Å². The van der Waals surface area contributed by atoms with Crippen LogP contribution < -0.4 is 5.32 Å². The topological polar surface area (TPSA) is 42.0 Å². The van der Waals surface area contributed by atoms with Gasteiger partial charge in [0.1, 0.15) is 5.01 Å². The smallest absolute Gasteiger partial charge is 0.226 e. The lowest BCUT2D eigenvalue weighted by molar-refractivity contribution is -0.120. The quantitative estimate of drug-likeness (QED) is 0.615. The summed E-state index contributed by atoms with van der Waals surface area (Å²) in [4.78, 5) is 15.7. The molecule has 0 bridgehead atoms. The van der Waals surface area contributed by atoms with E-state index < -0.39 is 0 Å². The van der Waals surface area contributed by atoms with Crippen molar-refractivity contribution in [3.05, 3.63) is 16.1 Å². The number of rotatable bonds is 7. The number of hydrogen-bond donors (Lipinski definition) is 1. The molecule has 0 saturated carbocycles. The van der Waals surface area contributed by atoms with Crippen LogP contribution in [-0.4, -0.2) is 29.4 Å². The normalized spacial score (nSPS) is 10.4. The van der Waals surface area contributed by atoms with E-state index in [1.165, 1.54) is 11.3 Å². The maximum atomic E-state index is 11.5. The molecule has 1 aromatic rings. The van der Waals surface area contributed by atoms with E-state index in [1.807, 2.05) is 5.38 Å². The molecule has 0 saturated heterocycles. The fourth-order valence-corrected chi connectivity index (χ4v) is 2.59. The number of alkyl halides is 1. The summed E-state index contributed by atoms with van der Waals surface area (Å²) >= 11 is 8.91. The molecule has 0 radical (unpaired) electrons. The van der Waals surface area contributed by atoms with Gasteiger partial charge >= 0.3 is 0 Å². The SMILES string of the molecule is CSCCCNC(=O)Cc1nc(CCl)cs1. The Balaban J connectivity index is 2.23. The highest BCUT2D eigenvalue weighted by Gasteiger charge is 2.06. The average molecular weight is 279 g/mol. The van der Waals surface area contributed by atoms with E-state index in [9.17, 15) is 4.79 Å². The molecule has 0 fully saturated rings. The largest absolute Gasteiger partial charge is 0.356 e. The lowest BCUT2D eigenvalue weighted by atomic mass is 10.4. The molecule has 1 rings (SSSR count). The summed E-state index contributed by atoms with van der Waals surface area (Å²) in [6.45, 7) is 0.743. The number of thiazole rings is 1. The molecule has 0 aliphatic carbocycles. The second kappa shape index (κ2) is 7.92. The number of aromatic nitrogens is 1. The number of nitrogens with one attached hydrogen (secondary N) is 1. The molecule has 90 valence electrons. The van der Waals surface area contributed by atoms with Gasteiger partial charge in [-0.3, -0.25) is 4.79 Å². The molecule has 3 nitrogen and oxygen atoms in total. The summed E-state index contributed by atoms with van der Waals surface area (Å²) in [5.41, 5.74) is 0.844. The first-order valence-corrected chi connectivity index (χ1v) is 7.82. The van der Waals surface area contributed by atoms with Crippen molar-refractivity contribution < 1.29 is 4.79 Å². The Hall–Kier alpha value is -0.260. The number of nitrogens with zero attached hydrogens (tertiary/aromatic N) is 1. The minimum Gasteiger partial charge on any atom is -0.356 e. The first kappa shape index (κ1) is 13.8. The van der Waals surface area contributed by atoms with Crippen LogP contribution >= 0.6 is 34.7 Å². The van der Waals surface area contributed by atoms with Crippen LogP contribution in [0, 0.1) is 0 Å². The highest BCUT2D eigenvalue weighted by molar-refractivity contribution is 7.98. The lowest BCUT2D eigenvalue weighted by Gasteiger charge is -2.02. The van der Waals surface area contributed by atoms with Crippen molar-refractivity contribution in [3.8, 4) is 0 Å². The Labute approximate surface area is 109 Å². The van der Waals surface area contributed by atoms with Crippen LogP contribution in [0.1, 0.15) is 17.1 Å². The van der Waals surface area contributed by atoms with E-state index >= 15 is 0 Å². The Morgan fingerprint density at radius 2 is 2.50 bits per heavy atom. The fourth-order valence-electron chi connectivity index (χ4n) is 1.14. The number of amides is 1. The van der Waals surface area contributed by atoms with Crippen molar-refractivity contribution in [2.75, 3.05) is 18.6 Å². The Morgan fingerprint density at radius 3 is 3.12 bits per heavy atom. The second-order valence-electron chi connectivity index (χ2n) is 3.24. The molecule has 0 aliphatic rings. The van der Waals surface area contributed by atoms with E-state index in [0.717, 1.165) is 29.4 Å². The number of hydrogen-bond acceptors (Lipinski definition) is 4. The molecule has 0 atom stereocenters. The van der Waals surface area contributed by atoms with Crippen molar-refractivity contribution >= 4 is 40.6 Å². The molecule has 6 heteroatoms. The summed E-state index contributed by atoms with van der Waals surface area (Å²) in [6.07, 6.45) is 3.43. The van der Waals surface area contributed by atoms with E-state index in [2.05, 4.69) is 16.6 Å². The maximum absolute atomic E-state index is 11.5. The molecule has 0 aromatic carbocycles. The first-order chi connectivity index (χ1) is 7.76. The molecule has 1 heterocycles. The van der Waals surface area contributed by atoms with Crippen LogP contribution in [0.2, 0.25) is 0 Å². The van der Waals surface area contributed by atoms with Crippen molar-refractivity contribution in [1.29, 1.82) is 0 Å². The molecule has 1 N–H and O–H groups in total. The average Bonchev–Trinajstić information content (AvgIpc) is 2.72. The molecule has 1 amide bonds. The molecule has 1 aromatic heterocycles. The zero-order chi connectivity index (χ0) is 11.8. The van der Waals surface area contributed by atoms with Gasteiger partial charge < -0.3 is 5.32 Å². The zero-order valence-corrected chi connectivity index (χ0v) is 11.6. The van der Waals surface area contributed by atoms with Crippen molar-refractivity contribution in [1.82, 2.24) is 10.3 Å². The molecule has 0 unspecified atom stereocenters. The monoisotopic (exact) mass is 278 g/mol. The van der Waals surface area contributed by atoms with Crippen LogP contribution in [0.15, 0.2) is 5.38 Å². The predicted octanol–water partition coefficient (Wildman–Crippen LogP) is 2.29. The third-order valence-corrected chi connectivity index (χ3v) is 3.76. The molecular formula is C10H15ClN2OS2. The van der Waals surface area contributed by atoms with Crippen LogP contribution in [0.5, 0.6) is 0 Å². The standard InChI is InChI=1S/C10H15ClN2OS2/c1-15-4-2-3-12-9(14)5-10-13-8(6-11)7-16-10/h7H,2-6H2,1H3,(H,12,14). The van der Waals surface area contributed by atoms with E-state index in [4.69, 9.17) is 11.6 Å². The van der Waals surface area contributed by atoms with Gasteiger partial charge in [-0.1, -0.05) is 0 Å². The molecule has 0 spiro atoms. The highest BCUT2D eigenvalue weighted by Crippen LogP contribution is 2.11. The summed E-state index contributed by atoms with van der Waals surface area (Å²) in [5, 5.41) is 5.60. The van der Waals surface area contributed by atoms with Gasteiger partial charge in [-0.25, -0.2) is 4.98 Å². The maximum Gasteiger partial charge on any atom is 0.226 e.